The molecule has 0 N–H and O–H groups in total. The van der Waals surface area contributed by atoms with E-state index in [9.17, 15) is 4.79 Å². The fraction of sp³-hybridized carbons (Fsp3) is 0.308. The molecular weight excluding hydrogens is 611 g/mol. The van der Waals surface area contributed by atoms with E-state index in [4.69, 9.17) is 26.1 Å². The lowest BCUT2D eigenvalue weighted by Gasteiger charge is -2.38. The standard InChI is InChI=1S/C26H24ClIN4O3S/c27-20-3-1-2-18(12-20)16-31-7-4-19(13-24(31)33)23-17-32(36-28)25-22(23)14-21(15-29-25)30-8-5-26(6-9-30)34-10-11-35-26/h1-4,7,12-15,17H,5-6,8-11,16H2. The van der Waals surface area contributed by atoms with Crippen LogP contribution in [0.15, 0.2) is 65.8 Å². The summed E-state index contributed by atoms with van der Waals surface area (Å²) in [6.07, 6.45) is 7.52. The van der Waals surface area contributed by atoms with Crippen LogP contribution in [0, 0.1) is 0 Å². The predicted molar refractivity (Wildman–Crippen MR) is 153 cm³/mol. The lowest BCUT2D eigenvalue weighted by Crippen LogP contribution is -2.45. The largest absolute Gasteiger partial charge is 0.370 e. The van der Waals surface area contributed by atoms with Gasteiger partial charge in [0.15, 0.2) is 11.4 Å². The molecule has 4 aromatic rings. The molecule has 5 heterocycles. The van der Waals surface area contributed by atoms with Gasteiger partial charge in [-0.2, -0.15) is 0 Å². The lowest BCUT2D eigenvalue weighted by atomic mass is 10.0. The summed E-state index contributed by atoms with van der Waals surface area (Å²) in [5.74, 6) is -0.407. The minimum atomic E-state index is -0.407. The Morgan fingerprint density at radius 3 is 2.64 bits per heavy atom. The van der Waals surface area contributed by atoms with Crippen molar-refractivity contribution in [3.05, 3.63) is 82.0 Å². The summed E-state index contributed by atoms with van der Waals surface area (Å²) in [5, 5.41) is 1.69. The van der Waals surface area contributed by atoms with Crippen molar-refractivity contribution < 1.29 is 9.47 Å². The average molecular weight is 635 g/mol. The molecule has 1 aromatic carbocycles. The number of hydrogen-bond acceptors (Lipinski definition) is 6. The number of anilines is 1. The highest BCUT2D eigenvalue weighted by Gasteiger charge is 2.39. The van der Waals surface area contributed by atoms with E-state index in [1.807, 2.05) is 46.7 Å². The third-order valence-electron chi connectivity index (χ3n) is 6.92. The molecule has 0 atom stereocenters. The molecule has 7 nitrogen and oxygen atoms in total. The molecule has 1 spiro atoms. The molecule has 2 aliphatic rings. The maximum Gasteiger partial charge on any atom is 0.251 e. The van der Waals surface area contributed by atoms with Crippen molar-refractivity contribution in [3.63, 3.8) is 0 Å². The van der Waals surface area contributed by atoms with Crippen LogP contribution in [0.3, 0.4) is 0 Å². The van der Waals surface area contributed by atoms with E-state index in [0.29, 0.717) is 24.8 Å². The number of aromatic nitrogens is 3. The van der Waals surface area contributed by atoms with Gasteiger partial charge in [0.2, 0.25) is 0 Å². The van der Waals surface area contributed by atoms with Gasteiger partial charge in [0.25, 0.3) is 5.56 Å². The quantitative estimate of drug-likeness (QED) is 0.261. The Hall–Kier alpha value is -2.05. The van der Waals surface area contributed by atoms with Crippen LogP contribution in [-0.2, 0) is 16.0 Å². The third kappa shape index (κ3) is 4.67. The highest BCUT2D eigenvalue weighted by molar-refractivity contribution is 14.2. The number of benzene rings is 1. The molecule has 0 radical (unpaired) electrons. The number of halogens is 2. The van der Waals surface area contributed by atoms with Gasteiger partial charge in [0.05, 0.1) is 31.6 Å². The number of piperidine rings is 1. The molecule has 0 aliphatic carbocycles. The van der Waals surface area contributed by atoms with Gasteiger partial charge in [-0.25, -0.2) is 4.98 Å². The second kappa shape index (κ2) is 10.0. The monoisotopic (exact) mass is 634 g/mol. The van der Waals surface area contributed by atoms with Gasteiger partial charge in [0.1, 0.15) is 0 Å². The molecule has 0 bridgehead atoms. The van der Waals surface area contributed by atoms with E-state index in [1.54, 1.807) is 19.8 Å². The topological polar surface area (TPSA) is 61.5 Å². The van der Waals surface area contributed by atoms with Gasteiger partial charge in [-0.1, -0.05) is 23.7 Å². The van der Waals surface area contributed by atoms with Crippen LogP contribution in [0.1, 0.15) is 18.4 Å². The van der Waals surface area contributed by atoms with E-state index in [1.165, 1.54) is 0 Å². The Bertz CT molecular complexity index is 1470. The highest BCUT2D eigenvalue weighted by Crippen LogP contribution is 2.37. The Morgan fingerprint density at radius 2 is 1.92 bits per heavy atom. The molecule has 0 unspecified atom stereocenters. The SMILES string of the molecule is O=c1cc(-c2cn(SI)c3ncc(N4CCC5(CC4)OCCO5)cc23)ccn1Cc1cccc(Cl)c1. The number of nitrogens with zero attached hydrogens (tertiary/aromatic N) is 4. The zero-order valence-electron chi connectivity index (χ0n) is 19.4. The molecule has 0 saturated carbocycles. The van der Waals surface area contributed by atoms with Crippen molar-refractivity contribution >= 4 is 58.6 Å². The first-order chi connectivity index (χ1) is 17.5. The molecule has 0 amide bonds. The van der Waals surface area contributed by atoms with Crippen LogP contribution in [0.25, 0.3) is 22.2 Å². The lowest BCUT2D eigenvalue weighted by molar-refractivity contribution is -0.169. The van der Waals surface area contributed by atoms with E-state index in [2.05, 4.69) is 38.4 Å². The fourth-order valence-electron chi connectivity index (χ4n) is 5.05. The molecule has 6 rings (SSSR count). The zero-order valence-corrected chi connectivity index (χ0v) is 23.1. The van der Waals surface area contributed by atoms with Crippen molar-refractivity contribution in [2.45, 2.75) is 25.2 Å². The summed E-state index contributed by atoms with van der Waals surface area (Å²) < 4.78 is 15.5. The van der Waals surface area contributed by atoms with E-state index in [-0.39, 0.29) is 5.56 Å². The molecule has 36 heavy (non-hydrogen) atoms. The van der Waals surface area contributed by atoms with E-state index < -0.39 is 5.79 Å². The van der Waals surface area contributed by atoms with Crippen LogP contribution < -0.4 is 10.5 Å². The second-order valence-electron chi connectivity index (χ2n) is 9.11. The Kier molecular flexibility index (Phi) is 6.76. The van der Waals surface area contributed by atoms with Crippen molar-refractivity contribution in [1.29, 1.82) is 0 Å². The summed E-state index contributed by atoms with van der Waals surface area (Å²) in [5.41, 5.74) is 4.75. The normalized spacial score (nSPS) is 17.3. The summed E-state index contributed by atoms with van der Waals surface area (Å²) in [7, 11) is 1.56. The Morgan fingerprint density at radius 1 is 1.11 bits per heavy atom. The van der Waals surface area contributed by atoms with Crippen LogP contribution in [0.2, 0.25) is 5.02 Å². The predicted octanol–water partition coefficient (Wildman–Crippen LogP) is 5.76. The third-order valence-corrected chi connectivity index (χ3v) is 8.86. The molecule has 2 saturated heterocycles. The van der Waals surface area contributed by atoms with Crippen LogP contribution in [-0.4, -0.2) is 45.6 Å². The molecule has 3 aromatic heterocycles. The number of pyridine rings is 2. The van der Waals surface area contributed by atoms with Gasteiger partial charge in [-0.05, 0) is 35.4 Å². The van der Waals surface area contributed by atoms with Gasteiger partial charge in [-0.15, -0.1) is 0 Å². The van der Waals surface area contributed by atoms with Gasteiger partial charge < -0.3 is 18.9 Å². The van der Waals surface area contributed by atoms with E-state index in [0.717, 1.165) is 59.3 Å². The maximum atomic E-state index is 13.0. The number of fused-ring (bicyclic) bond motifs is 1. The smallest absolute Gasteiger partial charge is 0.251 e. The van der Waals surface area contributed by atoms with Crippen LogP contribution in [0.5, 0.6) is 0 Å². The summed E-state index contributed by atoms with van der Waals surface area (Å²) >= 11 is 8.37. The number of hydrogen-bond donors (Lipinski definition) is 0. The molecule has 2 aliphatic heterocycles. The van der Waals surface area contributed by atoms with Gasteiger partial charge in [0, 0.05) is 90.7 Å². The van der Waals surface area contributed by atoms with Crippen molar-refractivity contribution in [2.75, 3.05) is 31.2 Å². The van der Waals surface area contributed by atoms with Gasteiger partial charge >= 0.3 is 0 Å². The van der Waals surface area contributed by atoms with Crippen LogP contribution >= 0.6 is 41.9 Å². The number of rotatable bonds is 5. The molecule has 186 valence electrons. The minimum Gasteiger partial charge on any atom is -0.370 e. The first-order valence-electron chi connectivity index (χ1n) is 11.8. The van der Waals surface area contributed by atoms with Crippen molar-refractivity contribution in [2.24, 2.45) is 0 Å². The van der Waals surface area contributed by atoms with E-state index >= 15 is 0 Å². The summed E-state index contributed by atoms with van der Waals surface area (Å²) in [6.45, 7) is 3.53. The molecule has 10 heteroatoms. The summed E-state index contributed by atoms with van der Waals surface area (Å²) in [6, 6.07) is 13.5. The highest BCUT2D eigenvalue weighted by atomic mass is 127. The second-order valence-corrected chi connectivity index (χ2v) is 11.3. The Balaban J connectivity index is 1.31. The Labute approximate surface area is 230 Å². The van der Waals surface area contributed by atoms with Crippen molar-refractivity contribution in [3.8, 4) is 11.1 Å². The van der Waals surface area contributed by atoms with Crippen LogP contribution in [0.4, 0.5) is 5.69 Å². The summed E-state index contributed by atoms with van der Waals surface area (Å²) in [4.78, 5) is 20.2. The first-order valence-corrected chi connectivity index (χ1v) is 15.5. The van der Waals surface area contributed by atoms with Gasteiger partial charge in [-0.3, -0.25) is 8.77 Å². The number of ether oxygens (including phenoxy) is 2. The first kappa shape index (κ1) is 24.3. The molecule has 2 fully saturated rings. The maximum absolute atomic E-state index is 13.0. The zero-order chi connectivity index (χ0) is 24.7. The fourth-order valence-corrected chi connectivity index (χ4v) is 6.52. The minimum absolute atomic E-state index is 0.0579. The molecular formula is C26H24ClIN4O3S. The van der Waals surface area contributed by atoms with Crippen molar-refractivity contribution in [1.82, 2.24) is 13.5 Å². The average Bonchev–Trinajstić information content (AvgIpc) is 3.50.